The van der Waals surface area contributed by atoms with Gasteiger partial charge in [0.25, 0.3) is 0 Å². The molecule has 0 radical (unpaired) electrons. The minimum atomic E-state index is -0.565. The number of nitrogens with two attached hydrogens (primary N) is 1. The van der Waals surface area contributed by atoms with Crippen LogP contribution in [0.5, 0.6) is 5.75 Å². The number of aliphatic hydroxyl groups is 1. The molecule has 196 valence electrons. The molecule has 1 saturated carbocycles. The first-order valence-electron chi connectivity index (χ1n) is 12.9. The number of aromatic nitrogens is 6. The maximum atomic E-state index is 14.5. The molecule has 0 bridgehead atoms. The van der Waals surface area contributed by atoms with Crippen LogP contribution in [0, 0.1) is 5.82 Å². The van der Waals surface area contributed by atoms with Crippen LogP contribution < -0.4 is 15.4 Å². The minimum absolute atomic E-state index is 0.0850. The van der Waals surface area contributed by atoms with Gasteiger partial charge in [-0.2, -0.15) is 9.61 Å². The van der Waals surface area contributed by atoms with Crippen LogP contribution in [-0.2, 0) is 0 Å². The predicted molar refractivity (Wildman–Crippen MR) is 138 cm³/mol. The van der Waals surface area contributed by atoms with Crippen molar-refractivity contribution >= 4 is 28.2 Å². The third-order valence-corrected chi connectivity index (χ3v) is 8.16. The van der Waals surface area contributed by atoms with Crippen LogP contribution in [0.15, 0.2) is 24.5 Å². The van der Waals surface area contributed by atoms with E-state index < -0.39 is 11.4 Å². The Morgan fingerprint density at radius 1 is 1.16 bits per heavy atom. The standard InChI is InChI=1S/C26H33FN8O2/c1-15-4-5-16(13-33(15)18-12-29-34(14-18)17-6-8-26(2,36)9-7-17)23-31-24-19-10-20(27)22(37-3)11-21(19)30-25(28)35(24)32-23/h10-12,14-17,36H,4-9,13H2,1-3H3,(H2,28,30)/t15-,16+,17?,26?/m0/s1. The van der Waals surface area contributed by atoms with Crippen LogP contribution >= 0.6 is 0 Å². The Balaban J connectivity index is 1.28. The SMILES string of the molecule is COc1cc2nc(N)n3nc([C@@H]4CC[C@H](C)N(c5cnn(C6CCC(C)(O)CC6)c5)C4)nc3c2cc1F. The fraction of sp³-hybridized carbons (Fsp3) is 0.538. The van der Waals surface area contributed by atoms with E-state index in [1.807, 2.05) is 13.1 Å². The highest BCUT2D eigenvalue weighted by Crippen LogP contribution is 2.37. The van der Waals surface area contributed by atoms with E-state index in [1.54, 1.807) is 0 Å². The minimum Gasteiger partial charge on any atom is -0.494 e. The Morgan fingerprint density at radius 3 is 2.70 bits per heavy atom. The van der Waals surface area contributed by atoms with E-state index in [4.69, 9.17) is 20.6 Å². The highest BCUT2D eigenvalue weighted by Gasteiger charge is 2.33. The van der Waals surface area contributed by atoms with E-state index in [9.17, 15) is 9.50 Å². The summed E-state index contributed by atoms with van der Waals surface area (Å²) in [5, 5.41) is 20.2. The number of piperidine rings is 1. The third kappa shape index (κ3) is 4.24. The Kier molecular flexibility index (Phi) is 5.70. The van der Waals surface area contributed by atoms with Crippen molar-refractivity contribution in [2.75, 3.05) is 24.3 Å². The van der Waals surface area contributed by atoms with Crippen molar-refractivity contribution in [2.45, 2.75) is 76.0 Å². The maximum Gasteiger partial charge on any atom is 0.223 e. The first-order valence-corrected chi connectivity index (χ1v) is 12.9. The molecule has 37 heavy (non-hydrogen) atoms. The Hall–Kier alpha value is -3.47. The highest BCUT2D eigenvalue weighted by molar-refractivity contribution is 5.93. The molecule has 0 spiro atoms. The van der Waals surface area contributed by atoms with Gasteiger partial charge in [-0.15, -0.1) is 5.10 Å². The Bertz CT molecular complexity index is 1450. The van der Waals surface area contributed by atoms with Gasteiger partial charge in [-0.1, -0.05) is 0 Å². The normalized spacial score (nSPS) is 26.7. The second-order valence-corrected chi connectivity index (χ2v) is 10.9. The molecule has 2 fully saturated rings. The summed E-state index contributed by atoms with van der Waals surface area (Å²) in [5.74, 6) is 0.588. The molecule has 1 aliphatic carbocycles. The molecule has 4 heterocycles. The summed E-state index contributed by atoms with van der Waals surface area (Å²) >= 11 is 0. The van der Waals surface area contributed by atoms with E-state index in [2.05, 4.69) is 32.8 Å². The lowest BCUT2D eigenvalue weighted by molar-refractivity contribution is 0.00851. The molecule has 10 nitrogen and oxygen atoms in total. The maximum absolute atomic E-state index is 14.5. The smallest absolute Gasteiger partial charge is 0.223 e. The van der Waals surface area contributed by atoms with Crippen molar-refractivity contribution in [3.05, 3.63) is 36.2 Å². The van der Waals surface area contributed by atoms with Crippen LogP contribution in [-0.4, -0.2) is 59.8 Å². The molecule has 1 aromatic carbocycles. The van der Waals surface area contributed by atoms with Gasteiger partial charge in [-0.05, 0) is 58.4 Å². The molecule has 0 unspecified atom stereocenters. The molecule has 2 aliphatic rings. The molecular formula is C26H33FN8O2. The number of halogens is 1. The summed E-state index contributed by atoms with van der Waals surface area (Å²) in [6.07, 6.45) is 9.42. The summed E-state index contributed by atoms with van der Waals surface area (Å²) < 4.78 is 23.2. The van der Waals surface area contributed by atoms with Gasteiger partial charge in [0, 0.05) is 36.2 Å². The molecule has 1 aliphatic heterocycles. The lowest BCUT2D eigenvalue weighted by Gasteiger charge is -2.38. The summed E-state index contributed by atoms with van der Waals surface area (Å²) in [7, 11) is 1.42. The summed E-state index contributed by atoms with van der Waals surface area (Å²) in [4.78, 5) is 11.6. The number of rotatable bonds is 4. The molecule has 11 heteroatoms. The lowest BCUT2D eigenvalue weighted by Crippen LogP contribution is -2.41. The van der Waals surface area contributed by atoms with E-state index >= 15 is 0 Å². The monoisotopic (exact) mass is 508 g/mol. The number of nitrogen functional groups attached to an aromatic ring is 1. The second-order valence-electron chi connectivity index (χ2n) is 10.9. The van der Waals surface area contributed by atoms with Crippen molar-refractivity contribution in [1.29, 1.82) is 0 Å². The average molecular weight is 509 g/mol. The quantitative estimate of drug-likeness (QED) is 0.427. The number of methoxy groups -OCH3 is 1. The highest BCUT2D eigenvalue weighted by atomic mass is 19.1. The number of benzene rings is 1. The second kappa shape index (κ2) is 8.83. The van der Waals surface area contributed by atoms with Crippen molar-refractivity contribution < 1.29 is 14.2 Å². The van der Waals surface area contributed by atoms with Gasteiger partial charge in [-0.25, -0.2) is 14.4 Å². The molecule has 2 atom stereocenters. The number of nitrogens with zero attached hydrogens (tertiary/aromatic N) is 7. The molecule has 0 amide bonds. The summed E-state index contributed by atoms with van der Waals surface area (Å²) in [6.45, 7) is 4.89. The topological polar surface area (TPSA) is 120 Å². The Labute approximate surface area is 214 Å². The van der Waals surface area contributed by atoms with Gasteiger partial charge in [0.1, 0.15) is 0 Å². The average Bonchev–Trinajstić information content (AvgIpc) is 3.53. The van der Waals surface area contributed by atoms with Crippen LogP contribution in [0.4, 0.5) is 16.0 Å². The zero-order valence-electron chi connectivity index (χ0n) is 21.4. The van der Waals surface area contributed by atoms with E-state index in [0.29, 0.717) is 34.5 Å². The number of hydrogen-bond donors (Lipinski definition) is 2. The van der Waals surface area contributed by atoms with Gasteiger partial charge in [-0.3, -0.25) is 4.68 Å². The summed E-state index contributed by atoms with van der Waals surface area (Å²) in [6, 6.07) is 3.58. The molecule has 3 aromatic heterocycles. The fourth-order valence-corrected chi connectivity index (χ4v) is 5.82. The van der Waals surface area contributed by atoms with Gasteiger partial charge in [0.05, 0.1) is 36.2 Å². The summed E-state index contributed by atoms with van der Waals surface area (Å²) in [5.41, 5.74) is 7.72. The van der Waals surface area contributed by atoms with Crippen LogP contribution in [0.25, 0.3) is 16.6 Å². The Morgan fingerprint density at radius 2 is 1.95 bits per heavy atom. The first kappa shape index (κ1) is 23.9. The van der Waals surface area contributed by atoms with Crippen LogP contribution in [0.3, 0.4) is 0 Å². The number of hydrogen-bond acceptors (Lipinski definition) is 8. The predicted octanol–water partition coefficient (Wildman–Crippen LogP) is 3.84. The number of anilines is 2. The lowest BCUT2D eigenvalue weighted by atomic mass is 9.84. The fourth-order valence-electron chi connectivity index (χ4n) is 5.82. The molecular weight excluding hydrogens is 475 g/mol. The van der Waals surface area contributed by atoms with Crippen molar-refractivity contribution in [1.82, 2.24) is 29.4 Å². The number of ether oxygens (including phenoxy) is 1. The molecule has 1 saturated heterocycles. The zero-order valence-corrected chi connectivity index (χ0v) is 21.4. The van der Waals surface area contributed by atoms with Crippen molar-refractivity contribution in [3.63, 3.8) is 0 Å². The van der Waals surface area contributed by atoms with Crippen LogP contribution in [0.2, 0.25) is 0 Å². The van der Waals surface area contributed by atoms with E-state index in [-0.39, 0.29) is 17.6 Å². The van der Waals surface area contributed by atoms with Gasteiger partial charge < -0.3 is 20.5 Å². The first-order chi connectivity index (χ1) is 17.7. The van der Waals surface area contributed by atoms with Gasteiger partial charge in [0.2, 0.25) is 5.95 Å². The van der Waals surface area contributed by atoms with Crippen molar-refractivity contribution in [2.24, 2.45) is 0 Å². The van der Waals surface area contributed by atoms with E-state index in [1.165, 1.54) is 23.8 Å². The van der Waals surface area contributed by atoms with Gasteiger partial charge >= 0.3 is 0 Å². The van der Waals surface area contributed by atoms with Gasteiger partial charge in [0.15, 0.2) is 23.0 Å². The van der Waals surface area contributed by atoms with E-state index in [0.717, 1.165) is 50.8 Å². The molecule has 4 aromatic rings. The zero-order chi connectivity index (χ0) is 25.9. The largest absolute Gasteiger partial charge is 0.494 e. The number of fused-ring (bicyclic) bond motifs is 3. The third-order valence-electron chi connectivity index (χ3n) is 8.16. The van der Waals surface area contributed by atoms with Crippen molar-refractivity contribution in [3.8, 4) is 5.75 Å². The molecule has 3 N–H and O–H groups in total. The van der Waals surface area contributed by atoms with Crippen LogP contribution in [0.1, 0.15) is 70.2 Å². The molecule has 6 rings (SSSR count).